The van der Waals surface area contributed by atoms with Crippen molar-refractivity contribution in [3.63, 3.8) is 0 Å². The second-order valence-electron chi connectivity index (χ2n) is 7.82. The first-order valence-corrected chi connectivity index (χ1v) is 12.2. The first-order chi connectivity index (χ1) is 15.5. The van der Waals surface area contributed by atoms with Crippen LogP contribution < -0.4 is 4.74 Å². The van der Waals surface area contributed by atoms with Gasteiger partial charge in [-0.25, -0.2) is 0 Å². The summed E-state index contributed by atoms with van der Waals surface area (Å²) in [5, 5.41) is 10.3. The Morgan fingerprint density at radius 2 is 1.81 bits per heavy atom. The number of likely N-dealkylation sites (tertiary alicyclic amines) is 1. The Kier molecular flexibility index (Phi) is 7.28. The van der Waals surface area contributed by atoms with E-state index in [2.05, 4.69) is 17.1 Å². The number of halogens is 2. The van der Waals surface area contributed by atoms with Crippen LogP contribution in [0.1, 0.15) is 19.8 Å². The van der Waals surface area contributed by atoms with Crippen molar-refractivity contribution >= 4 is 40.9 Å². The molecule has 0 N–H and O–H groups in total. The van der Waals surface area contributed by atoms with Crippen molar-refractivity contribution in [1.29, 1.82) is 0 Å². The molecule has 1 aliphatic rings. The topological polar surface area (TPSA) is 60.3 Å². The zero-order chi connectivity index (χ0) is 22.7. The molecule has 1 aromatic heterocycles. The molecule has 4 rings (SSSR count). The van der Waals surface area contributed by atoms with E-state index in [1.807, 2.05) is 39.8 Å². The Hall–Kier alpha value is -2.22. The van der Waals surface area contributed by atoms with Crippen LogP contribution in [0, 0.1) is 5.92 Å². The summed E-state index contributed by atoms with van der Waals surface area (Å²) in [5.74, 6) is 2.50. The molecule has 1 aliphatic heterocycles. The summed E-state index contributed by atoms with van der Waals surface area (Å²) in [6.07, 6.45) is 2.11. The molecule has 0 radical (unpaired) electrons. The molecule has 9 heteroatoms. The maximum atomic E-state index is 12.8. The number of aromatic nitrogens is 3. The van der Waals surface area contributed by atoms with Crippen molar-refractivity contribution in [2.45, 2.75) is 24.9 Å². The highest BCUT2D eigenvalue weighted by molar-refractivity contribution is 7.99. The first kappa shape index (κ1) is 23.0. The Balaban J connectivity index is 1.63. The van der Waals surface area contributed by atoms with Gasteiger partial charge in [0, 0.05) is 18.7 Å². The minimum atomic E-state index is 0.122. The molecule has 2 aromatic carbocycles. The normalized spacial score (nSPS) is 14.6. The van der Waals surface area contributed by atoms with Gasteiger partial charge >= 0.3 is 0 Å². The van der Waals surface area contributed by atoms with Crippen molar-refractivity contribution in [2.24, 2.45) is 5.92 Å². The van der Waals surface area contributed by atoms with Gasteiger partial charge in [-0.3, -0.25) is 9.36 Å². The molecule has 32 heavy (non-hydrogen) atoms. The van der Waals surface area contributed by atoms with Gasteiger partial charge in [0.2, 0.25) is 5.91 Å². The number of nitrogens with zero attached hydrogens (tertiary/aromatic N) is 4. The number of ether oxygens (including phenoxy) is 1. The minimum absolute atomic E-state index is 0.122. The largest absolute Gasteiger partial charge is 0.497 e. The summed E-state index contributed by atoms with van der Waals surface area (Å²) >= 11 is 13.8. The lowest BCUT2D eigenvalue weighted by Crippen LogP contribution is -2.38. The number of rotatable bonds is 6. The number of methoxy groups -OCH3 is 1. The van der Waals surface area contributed by atoms with E-state index in [-0.39, 0.29) is 5.91 Å². The Labute approximate surface area is 201 Å². The fourth-order valence-electron chi connectivity index (χ4n) is 3.62. The summed E-state index contributed by atoms with van der Waals surface area (Å²) in [6.45, 7) is 3.87. The van der Waals surface area contributed by atoms with Crippen molar-refractivity contribution in [3.05, 3.63) is 52.5 Å². The highest BCUT2D eigenvalue weighted by atomic mass is 35.5. The molecule has 0 bridgehead atoms. The molecule has 1 amide bonds. The fourth-order valence-corrected chi connectivity index (χ4v) is 4.77. The standard InChI is InChI=1S/C23H24Cl2N4O2S/c1-15-9-11-28(12-10-15)21(30)14-32-23-27-26-22(16-3-6-18(31-2)7-4-16)29(23)17-5-8-19(24)20(25)13-17/h3-8,13,15H,9-12,14H2,1-2H3. The molecule has 0 atom stereocenters. The molecule has 6 nitrogen and oxygen atoms in total. The maximum absolute atomic E-state index is 12.8. The van der Waals surface area contributed by atoms with Crippen LogP contribution in [0.5, 0.6) is 5.75 Å². The molecule has 0 spiro atoms. The molecule has 2 heterocycles. The van der Waals surface area contributed by atoms with E-state index in [4.69, 9.17) is 27.9 Å². The monoisotopic (exact) mass is 490 g/mol. The van der Waals surface area contributed by atoms with Crippen molar-refractivity contribution in [2.75, 3.05) is 26.0 Å². The number of benzene rings is 2. The van der Waals surface area contributed by atoms with Crippen molar-refractivity contribution < 1.29 is 9.53 Å². The SMILES string of the molecule is COc1ccc(-c2nnc(SCC(=O)N3CCC(C)CC3)n2-c2ccc(Cl)c(Cl)c2)cc1. The molecule has 1 fully saturated rings. The van der Waals surface area contributed by atoms with Crippen LogP contribution in [-0.4, -0.2) is 51.5 Å². The van der Waals surface area contributed by atoms with Gasteiger partial charge in [-0.15, -0.1) is 10.2 Å². The molecular weight excluding hydrogens is 467 g/mol. The Bertz CT molecular complexity index is 1100. The van der Waals surface area contributed by atoms with Crippen LogP contribution in [0.2, 0.25) is 10.0 Å². The second-order valence-corrected chi connectivity index (χ2v) is 9.58. The van der Waals surface area contributed by atoms with Gasteiger partial charge in [-0.2, -0.15) is 0 Å². The van der Waals surface area contributed by atoms with Gasteiger partial charge in [-0.1, -0.05) is 41.9 Å². The zero-order valence-corrected chi connectivity index (χ0v) is 20.3. The number of hydrogen-bond acceptors (Lipinski definition) is 5. The smallest absolute Gasteiger partial charge is 0.233 e. The summed E-state index contributed by atoms with van der Waals surface area (Å²) < 4.78 is 7.16. The van der Waals surface area contributed by atoms with Crippen LogP contribution in [0.3, 0.4) is 0 Å². The molecular formula is C23H24Cl2N4O2S. The van der Waals surface area contributed by atoms with Crippen LogP contribution in [-0.2, 0) is 4.79 Å². The molecule has 3 aromatic rings. The van der Waals surface area contributed by atoms with E-state index in [0.29, 0.717) is 32.7 Å². The molecule has 168 valence electrons. The predicted octanol–water partition coefficient (Wildman–Crippen LogP) is 5.60. The van der Waals surface area contributed by atoms with Crippen LogP contribution >= 0.6 is 35.0 Å². The first-order valence-electron chi connectivity index (χ1n) is 10.4. The number of piperidine rings is 1. The number of thioether (sulfide) groups is 1. The van der Waals surface area contributed by atoms with E-state index in [0.717, 1.165) is 42.9 Å². The van der Waals surface area contributed by atoms with E-state index >= 15 is 0 Å². The van der Waals surface area contributed by atoms with Gasteiger partial charge in [0.15, 0.2) is 11.0 Å². The van der Waals surface area contributed by atoms with Gasteiger partial charge in [0.05, 0.1) is 28.6 Å². The van der Waals surface area contributed by atoms with Crippen LogP contribution in [0.4, 0.5) is 0 Å². The Morgan fingerprint density at radius 3 is 2.47 bits per heavy atom. The number of carbonyl (C=O) groups is 1. The van der Waals surface area contributed by atoms with E-state index in [1.165, 1.54) is 11.8 Å². The predicted molar refractivity (Wildman–Crippen MR) is 129 cm³/mol. The van der Waals surface area contributed by atoms with Crippen LogP contribution in [0.25, 0.3) is 17.1 Å². The lowest BCUT2D eigenvalue weighted by atomic mass is 9.99. The Morgan fingerprint density at radius 1 is 1.09 bits per heavy atom. The van der Waals surface area contributed by atoms with Gasteiger partial charge in [-0.05, 0) is 61.2 Å². The van der Waals surface area contributed by atoms with E-state index in [9.17, 15) is 4.79 Å². The van der Waals surface area contributed by atoms with E-state index < -0.39 is 0 Å². The summed E-state index contributed by atoms with van der Waals surface area (Å²) in [6, 6.07) is 13.0. The number of hydrogen-bond donors (Lipinski definition) is 0. The fraction of sp³-hybridized carbons (Fsp3) is 0.348. The molecule has 0 unspecified atom stereocenters. The molecule has 0 aliphatic carbocycles. The van der Waals surface area contributed by atoms with Crippen LogP contribution in [0.15, 0.2) is 47.6 Å². The minimum Gasteiger partial charge on any atom is -0.497 e. The van der Waals surface area contributed by atoms with Crippen molar-refractivity contribution in [1.82, 2.24) is 19.7 Å². The zero-order valence-electron chi connectivity index (χ0n) is 17.9. The number of carbonyl (C=O) groups excluding carboxylic acids is 1. The second kappa shape index (κ2) is 10.1. The highest BCUT2D eigenvalue weighted by Gasteiger charge is 2.22. The molecule has 1 saturated heterocycles. The summed E-state index contributed by atoms with van der Waals surface area (Å²) in [4.78, 5) is 14.7. The number of amides is 1. The third-order valence-corrected chi connectivity index (χ3v) is 7.26. The van der Waals surface area contributed by atoms with Gasteiger partial charge < -0.3 is 9.64 Å². The summed E-state index contributed by atoms with van der Waals surface area (Å²) in [5.41, 5.74) is 1.64. The summed E-state index contributed by atoms with van der Waals surface area (Å²) in [7, 11) is 1.63. The average Bonchev–Trinajstić information content (AvgIpc) is 3.23. The lowest BCUT2D eigenvalue weighted by Gasteiger charge is -2.30. The maximum Gasteiger partial charge on any atom is 0.233 e. The highest BCUT2D eigenvalue weighted by Crippen LogP contribution is 2.32. The molecule has 0 saturated carbocycles. The van der Waals surface area contributed by atoms with Gasteiger partial charge in [0.1, 0.15) is 5.75 Å². The third-order valence-electron chi connectivity index (χ3n) is 5.60. The third kappa shape index (κ3) is 5.05. The quantitative estimate of drug-likeness (QED) is 0.420. The van der Waals surface area contributed by atoms with E-state index in [1.54, 1.807) is 19.2 Å². The average molecular weight is 491 g/mol. The van der Waals surface area contributed by atoms with Gasteiger partial charge in [0.25, 0.3) is 0 Å². The van der Waals surface area contributed by atoms with Crippen molar-refractivity contribution in [3.8, 4) is 22.8 Å². The lowest BCUT2D eigenvalue weighted by molar-refractivity contribution is -0.129.